The van der Waals surface area contributed by atoms with Gasteiger partial charge in [0.15, 0.2) is 8.24 Å². The highest BCUT2D eigenvalue weighted by molar-refractivity contribution is 6.75. The van der Waals surface area contributed by atoms with Crippen LogP contribution in [-0.2, 0) is 0 Å². The molecule has 0 rings (SSSR count). The molecule has 0 fully saturated rings. The fraction of sp³-hybridized carbons (Fsp3) is 0.857. The van der Waals surface area contributed by atoms with Crippen molar-refractivity contribution in [2.45, 2.75) is 39.4 Å². The molecule has 0 aromatic carbocycles. The fourth-order valence-electron chi connectivity index (χ4n) is 0.468. The molecule has 9 heavy (non-hydrogen) atoms. The summed E-state index contributed by atoms with van der Waals surface area (Å²) in [6.07, 6.45) is 4.43. The molecule has 1 nitrogen and oxygen atoms in total. The van der Waals surface area contributed by atoms with Crippen molar-refractivity contribution in [3.05, 3.63) is 0 Å². The first-order valence-electron chi connectivity index (χ1n) is 3.60. The molecule has 0 bridgehead atoms. The summed E-state index contributed by atoms with van der Waals surface area (Å²) in [5.41, 5.74) is 0. The molecule has 54 valence electrons. The predicted octanol–water partition coefficient (Wildman–Crippen LogP) is 2.69. The smallest absolute Gasteiger partial charge is 0.171 e. The Morgan fingerprint density at radius 2 is 1.89 bits per heavy atom. The van der Waals surface area contributed by atoms with E-state index < -0.39 is 8.24 Å². The van der Waals surface area contributed by atoms with Crippen molar-refractivity contribution in [3.8, 4) is 0 Å². The van der Waals surface area contributed by atoms with Gasteiger partial charge in [-0.05, 0) is 32.3 Å². The predicted molar refractivity (Wildman–Crippen MR) is 46.7 cm³/mol. The van der Waals surface area contributed by atoms with Crippen molar-refractivity contribution >= 4 is 14.5 Å². The maximum absolute atomic E-state index is 4.46. The summed E-state index contributed by atoms with van der Waals surface area (Å²) in [7, 11) is -1.13. The lowest BCUT2D eigenvalue weighted by molar-refractivity contribution is 1.01. The van der Waals surface area contributed by atoms with E-state index in [0.717, 1.165) is 6.42 Å². The average molecular weight is 143 g/mol. The van der Waals surface area contributed by atoms with Crippen molar-refractivity contribution < 1.29 is 0 Å². The maximum Gasteiger partial charge on any atom is 0.171 e. The molecule has 2 heteroatoms. The maximum atomic E-state index is 4.46. The summed E-state index contributed by atoms with van der Waals surface area (Å²) < 4.78 is 4.46. The van der Waals surface area contributed by atoms with Crippen molar-refractivity contribution in [2.24, 2.45) is 4.66 Å². The molecular formula is C7H17NSi. The van der Waals surface area contributed by atoms with Crippen LogP contribution in [0, 0.1) is 0 Å². The number of rotatable bonds is 3. The zero-order chi connectivity index (χ0) is 7.33. The van der Waals surface area contributed by atoms with Gasteiger partial charge in [0.25, 0.3) is 0 Å². The Balaban J connectivity index is 3.45. The molecule has 0 N–H and O–H groups in total. The van der Waals surface area contributed by atoms with Crippen LogP contribution in [0.3, 0.4) is 0 Å². The molecule has 0 aliphatic heterocycles. The second-order valence-corrected chi connectivity index (χ2v) is 7.87. The fourth-order valence-corrected chi connectivity index (χ4v) is 1.14. The Hall–Kier alpha value is -0.113. The summed E-state index contributed by atoms with van der Waals surface area (Å²) in [6, 6.07) is 0. The number of unbranched alkanes of at least 4 members (excludes halogenated alkanes) is 1. The Morgan fingerprint density at radius 3 is 2.22 bits per heavy atom. The van der Waals surface area contributed by atoms with E-state index >= 15 is 0 Å². The van der Waals surface area contributed by atoms with Gasteiger partial charge in [0, 0.05) is 0 Å². The van der Waals surface area contributed by atoms with Crippen LogP contribution in [0.4, 0.5) is 0 Å². The van der Waals surface area contributed by atoms with E-state index in [9.17, 15) is 0 Å². The van der Waals surface area contributed by atoms with Crippen LogP contribution < -0.4 is 0 Å². The highest BCUT2D eigenvalue weighted by Gasteiger charge is 2.08. The van der Waals surface area contributed by atoms with Crippen LogP contribution in [-0.4, -0.2) is 14.5 Å². The van der Waals surface area contributed by atoms with Gasteiger partial charge >= 0.3 is 0 Å². The van der Waals surface area contributed by atoms with Gasteiger partial charge in [-0.1, -0.05) is 13.3 Å². The molecule has 0 heterocycles. The molecule has 0 unspecified atom stereocenters. The molecule has 0 saturated heterocycles. The lowest BCUT2D eigenvalue weighted by Crippen LogP contribution is -2.16. The normalized spacial score (nSPS) is 12.9. The van der Waals surface area contributed by atoms with Crippen LogP contribution >= 0.6 is 0 Å². The zero-order valence-electron chi connectivity index (χ0n) is 6.94. The quantitative estimate of drug-likeness (QED) is 0.425. The second-order valence-electron chi connectivity index (χ2n) is 3.27. The largest absolute Gasteiger partial charge is 0.334 e. The number of nitrogens with zero attached hydrogens (tertiary/aromatic N) is 1. The molecule has 0 aliphatic rings. The molecule has 0 spiro atoms. The molecule has 0 atom stereocenters. The Kier molecular flexibility index (Phi) is 3.78. The molecular weight excluding hydrogens is 126 g/mol. The topological polar surface area (TPSA) is 12.4 Å². The summed E-state index contributed by atoms with van der Waals surface area (Å²) >= 11 is 0. The molecule has 0 saturated carbocycles. The minimum Gasteiger partial charge on any atom is -0.334 e. The Bertz CT molecular complexity index is 91.6. The van der Waals surface area contributed by atoms with E-state index in [1.165, 1.54) is 6.42 Å². The SMILES string of the molecule is CCCC=N[Si](C)(C)C. The zero-order valence-corrected chi connectivity index (χ0v) is 7.94. The highest BCUT2D eigenvalue weighted by atomic mass is 28.3. The molecule has 0 amide bonds. The minimum absolute atomic E-state index is 1.13. The summed E-state index contributed by atoms with van der Waals surface area (Å²) in [6.45, 7) is 8.92. The van der Waals surface area contributed by atoms with Crippen molar-refractivity contribution in [1.29, 1.82) is 0 Å². The summed E-state index contributed by atoms with van der Waals surface area (Å²) in [5, 5.41) is 0. The van der Waals surface area contributed by atoms with Crippen LogP contribution in [0.5, 0.6) is 0 Å². The molecule has 0 aliphatic carbocycles. The lowest BCUT2D eigenvalue weighted by atomic mass is 10.4. The molecule has 0 aromatic heterocycles. The second kappa shape index (κ2) is 3.83. The van der Waals surface area contributed by atoms with Crippen LogP contribution in [0.15, 0.2) is 4.66 Å². The summed E-state index contributed by atoms with van der Waals surface area (Å²) in [5.74, 6) is 0. The number of hydrogen-bond donors (Lipinski definition) is 0. The lowest BCUT2D eigenvalue weighted by Gasteiger charge is -2.06. The van der Waals surface area contributed by atoms with E-state index in [0.29, 0.717) is 0 Å². The first-order valence-corrected chi connectivity index (χ1v) is 7.04. The summed E-state index contributed by atoms with van der Waals surface area (Å²) in [4.78, 5) is 0. The van der Waals surface area contributed by atoms with Gasteiger partial charge < -0.3 is 4.66 Å². The van der Waals surface area contributed by atoms with Crippen molar-refractivity contribution in [1.82, 2.24) is 0 Å². The molecule has 0 radical (unpaired) electrons. The molecule has 0 aromatic rings. The Morgan fingerprint density at radius 1 is 1.33 bits per heavy atom. The standard InChI is InChI=1S/C7H17NSi/c1-5-6-7-8-9(2,3)4/h7H,5-6H2,1-4H3. The van der Waals surface area contributed by atoms with Crippen molar-refractivity contribution in [2.75, 3.05) is 0 Å². The third-order valence-electron chi connectivity index (χ3n) is 0.896. The third-order valence-corrected chi connectivity index (χ3v) is 1.85. The van der Waals surface area contributed by atoms with E-state index in [1.54, 1.807) is 0 Å². The monoisotopic (exact) mass is 143 g/mol. The first kappa shape index (κ1) is 8.89. The van der Waals surface area contributed by atoms with E-state index in [2.05, 4.69) is 37.4 Å². The van der Waals surface area contributed by atoms with E-state index in [4.69, 9.17) is 0 Å². The average Bonchev–Trinajstić information content (AvgIpc) is 1.63. The van der Waals surface area contributed by atoms with Gasteiger partial charge in [-0.25, -0.2) is 0 Å². The number of hydrogen-bond acceptors (Lipinski definition) is 1. The van der Waals surface area contributed by atoms with Gasteiger partial charge in [-0.3, -0.25) is 0 Å². The van der Waals surface area contributed by atoms with Gasteiger partial charge in [-0.15, -0.1) is 0 Å². The first-order chi connectivity index (χ1) is 4.06. The van der Waals surface area contributed by atoms with Crippen LogP contribution in [0.25, 0.3) is 0 Å². The van der Waals surface area contributed by atoms with Gasteiger partial charge in [-0.2, -0.15) is 0 Å². The Labute approximate surface area is 59.3 Å². The van der Waals surface area contributed by atoms with Gasteiger partial charge in [0.05, 0.1) is 0 Å². The third kappa shape index (κ3) is 7.89. The van der Waals surface area contributed by atoms with Crippen LogP contribution in [0.1, 0.15) is 19.8 Å². The van der Waals surface area contributed by atoms with E-state index in [-0.39, 0.29) is 0 Å². The van der Waals surface area contributed by atoms with Crippen LogP contribution in [0.2, 0.25) is 19.6 Å². The highest BCUT2D eigenvalue weighted by Crippen LogP contribution is 2.00. The van der Waals surface area contributed by atoms with Crippen molar-refractivity contribution in [3.63, 3.8) is 0 Å². The minimum atomic E-state index is -1.13. The van der Waals surface area contributed by atoms with E-state index in [1.807, 2.05) is 0 Å². The van der Waals surface area contributed by atoms with Gasteiger partial charge in [0.2, 0.25) is 0 Å². The van der Waals surface area contributed by atoms with Gasteiger partial charge in [0.1, 0.15) is 0 Å².